The molecule has 0 saturated heterocycles. The second-order valence-corrected chi connectivity index (χ2v) is 9.41. The third-order valence-electron chi connectivity index (χ3n) is 4.09. The molecule has 0 unspecified atom stereocenters. The smallest absolute Gasteiger partial charge is 0.208 e. The van der Waals surface area contributed by atoms with Crippen molar-refractivity contribution in [1.82, 2.24) is 9.97 Å². The fourth-order valence-electron chi connectivity index (χ4n) is 2.71. The zero-order chi connectivity index (χ0) is 19.9. The quantitative estimate of drug-likeness (QED) is 0.364. The number of aromatic amines is 1. The first-order chi connectivity index (χ1) is 13.4. The predicted octanol–water partition coefficient (Wildman–Crippen LogP) is 5.10. The molecule has 0 amide bonds. The lowest BCUT2D eigenvalue weighted by atomic mass is 10.2. The van der Waals surface area contributed by atoms with Gasteiger partial charge >= 0.3 is 0 Å². The zero-order valence-corrected chi connectivity index (χ0v) is 18.1. The van der Waals surface area contributed by atoms with E-state index >= 15 is 0 Å². The second-order valence-electron chi connectivity index (χ2n) is 5.84. The first-order valence-electron chi connectivity index (χ1n) is 7.97. The molecule has 0 fully saturated rings. The van der Waals surface area contributed by atoms with Crippen LogP contribution in [0, 0.1) is 6.07 Å². The Morgan fingerprint density at radius 1 is 1.14 bits per heavy atom. The van der Waals surface area contributed by atoms with Crippen molar-refractivity contribution in [2.45, 2.75) is 9.79 Å². The number of anilines is 1. The number of halogens is 2. The van der Waals surface area contributed by atoms with Crippen LogP contribution in [0.2, 0.25) is 0 Å². The average molecular weight is 522 g/mol. The summed E-state index contributed by atoms with van der Waals surface area (Å²) in [6.07, 6.45) is 4.37. The minimum absolute atomic E-state index is 0.165. The van der Waals surface area contributed by atoms with Gasteiger partial charge in [-0.2, -0.15) is 0 Å². The topological polar surface area (TPSA) is 98.1 Å². The van der Waals surface area contributed by atoms with Crippen molar-refractivity contribution in [2.75, 3.05) is 5.73 Å². The number of H-pyrrole nitrogens is 1. The Kier molecular flexibility index (Phi) is 4.90. The molecule has 2 heterocycles. The SMILES string of the molecule is Nc1[c]cc(Br)c(Oc2ccc3[nH]cc(S(=O)(=O)c4ccncc4)c3c2)c1Br. The summed E-state index contributed by atoms with van der Waals surface area (Å²) < 4.78 is 33.2. The van der Waals surface area contributed by atoms with Crippen LogP contribution >= 0.6 is 31.9 Å². The van der Waals surface area contributed by atoms with Crippen LogP contribution in [0.1, 0.15) is 0 Å². The van der Waals surface area contributed by atoms with Crippen molar-refractivity contribution in [2.24, 2.45) is 0 Å². The summed E-state index contributed by atoms with van der Waals surface area (Å²) in [6, 6.07) is 12.6. The number of nitrogens with one attached hydrogen (secondary N) is 1. The Hall–Kier alpha value is -2.36. The number of rotatable bonds is 4. The summed E-state index contributed by atoms with van der Waals surface area (Å²) >= 11 is 6.80. The number of sulfone groups is 1. The molecular weight excluding hydrogens is 510 g/mol. The van der Waals surface area contributed by atoms with E-state index in [1.807, 2.05) is 0 Å². The highest BCUT2D eigenvalue weighted by Crippen LogP contribution is 2.41. The van der Waals surface area contributed by atoms with E-state index in [1.54, 1.807) is 24.3 Å². The lowest BCUT2D eigenvalue weighted by Gasteiger charge is -2.11. The van der Waals surface area contributed by atoms with Crippen molar-refractivity contribution < 1.29 is 13.2 Å². The molecule has 0 aliphatic carbocycles. The number of nitrogen functional groups attached to an aromatic ring is 1. The molecule has 0 aliphatic rings. The highest BCUT2D eigenvalue weighted by atomic mass is 79.9. The molecule has 0 spiro atoms. The number of hydrogen-bond acceptors (Lipinski definition) is 5. The normalized spacial score (nSPS) is 11.6. The maximum Gasteiger partial charge on any atom is 0.208 e. The van der Waals surface area contributed by atoms with Gasteiger partial charge in [0.25, 0.3) is 0 Å². The van der Waals surface area contributed by atoms with Crippen molar-refractivity contribution in [3.8, 4) is 11.5 Å². The van der Waals surface area contributed by atoms with E-state index in [2.05, 4.69) is 47.9 Å². The number of aromatic nitrogens is 2. The number of benzene rings is 2. The van der Waals surface area contributed by atoms with Crippen molar-refractivity contribution in [1.29, 1.82) is 0 Å². The molecule has 0 saturated carbocycles. The van der Waals surface area contributed by atoms with Gasteiger partial charge < -0.3 is 15.5 Å². The molecular formula is C19H12Br2N3O3S. The summed E-state index contributed by atoms with van der Waals surface area (Å²) in [5.41, 5.74) is 6.95. The molecule has 9 heteroatoms. The lowest BCUT2D eigenvalue weighted by Crippen LogP contribution is -2.01. The molecule has 0 aliphatic heterocycles. The predicted molar refractivity (Wildman–Crippen MR) is 113 cm³/mol. The van der Waals surface area contributed by atoms with Crippen LogP contribution in [0.4, 0.5) is 5.69 Å². The van der Waals surface area contributed by atoms with Gasteiger partial charge in [0.05, 0.1) is 24.4 Å². The first kappa shape index (κ1) is 19.0. The Labute approximate surface area is 177 Å². The van der Waals surface area contributed by atoms with Gasteiger partial charge in [0, 0.05) is 35.6 Å². The number of pyridine rings is 1. The zero-order valence-electron chi connectivity index (χ0n) is 14.1. The van der Waals surface area contributed by atoms with E-state index in [9.17, 15) is 8.42 Å². The molecule has 28 heavy (non-hydrogen) atoms. The molecule has 0 bridgehead atoms. The number of ether oxygens (including phenoxy) is 1. The van der Waals surface area contributed by atoms with Gasteiger partial charge in [-0.1, -0.05) is 0 Å². The summed E-state index contributed by atoms with van der Waals surface area (Å²) in [5, 5.41) is 0.525. The summed E-state index contributed by atoms with van der Waals surface area (Å²) in [5.74, 6) is 0.940. The molecule has 3 N–H and O–H groups in total. The lowest BCUT2D eigenvalue weighted by molar-refractivity contribution is 0.477. The number of hydrogen-bond donors (Lipinski definition) is 2. The van der Waals surface area contributed by atoms with E-state index in [0.29, 0.717) is 37.0 Å². The molecule has 2 aromatic heterocycles. The van der Waals surface area contributed by atoms with Crippen LogP contribution in [0.25, 0.3) is 10.9 Å². The summed E-state index contributed by atoms with van der Waals surface area (Å²) in [4.78, 5) is 7.20. The molecule has 0 atom stereocenters. The van der Waals surface area contributed by atoms with Crippen molar-refractivity contribution in [3.63, 3.8) is 0 Å². The molecule has 1 radical (unpaired) electrons. The van der Waals surface area contributed by atoms with Crippen LogP contribution in [0.5, 0.6) is 11.5 Å². The van der Waals surface area contributed by atoms with Gasteiger partial charge in [0.15, 0.2) is 5.75 Å². The minimum atomic E-state index is -3.71. The standard InChI is InChI=1S/C19H12Br2N3O3S/c20-14-2-3-15(22)18(21)19(14)27-11-1-4-16-13(9-11)17(10-24-16)28(25,26)12-5-7-23-8-6-12/h1-2,4-10,24H,22H2. The third-order valence-corrected chi connectivity index (χ3v) is 7.28. The minimum Gasteiger partial charge on any atom is -0.455 e. The fourth-order valence-corrected chi connectivity index (χ4v) is 5.19. The Morgan fingerprint density at radius 2 is 1.89 bits per heavy atom. The van der Waals surface area contributed by atoms with Gasteiger partial charge in [-0.25, -0.2) is 8.42 Å². The van der Waals surface area contributed by atoms with E-state index in [1.165, 1.54) is 30.7 Å². The molecule has 4 aromatic rings. The second kappa shape index (κ2) is 7.23. The van der Waals surface area contributed by atoms with Crippen LogP contribution in [-0.4, -0.2) is 18.4 Å². The third kappa shape index (κ3) is 3.30. The van der Waals surface area contributed by atoms with E-state index in [4.69, 9.17) is 10.5 Å². The van der Waals surface area contributed by atoms with Crippen LogP contribution in [0.3, 0.4) is 0 Å². The molecule has 2 aromatic carbocycles. The largest absolute Gasteiger partial charge is 0.455 e. The van der Waals surface area contributed by atoms with Gasteiger partial charge in [-0.3, -0.25) is 4.98 Å². The molecule has 6 nitrogen and oxygen atoms in total. The summed E-state index contributed by atoms with van der Waals surface area (Å²) in [7, 11) is -3.71. The number of nitrogens with zero attached hydrogens (tertiary/aromatic N) is 1. The summed E-state index contributed by atoms with van der Waals surface area (Å²) in [6.45, 7) is 0. The molecule has 4 rings (SSSR count). The highest BCUT2D eigenvalue weighted by molar-refractivity contribution is 9.11. The Bertz CT molecular complexity index is 1290. The van der Waals surface area contributed by atoms with Crippen LogP contribution in [-0.2, 0) is 9.84 Å². The van der Waals surface area contributed by atoms with E-state index in [-0.39, 0.29) is 9.79 Å². The highest BCUT2D eigenvalue weighted by Gasteiger charge is 2.22. The monoisotopic (exact) mass is 520 g/mol. The maximum atomic E-state index is 13.0. The van der Waals surface area contributed by atoms with Crippen LogP contribution < -0.4 is 10.5 Å². The van der Waals surface area contributed by atoms with Gasteiger partial charge in [-0.05, 0) is 68.3 Å². The van der Waals surface area contributed by atoms with Crippen molar-refractivity contribution >= 4 is 58.3 Å². The first-order valence-corrected chi connectivity index (χ1v) is 11.0. The van der Waals surface area contributed by atoms with Crippen molar-refractivity contribution in [3.05, 3.63) is 70.0 Å². The van der Waals surface area contributed by atoms with Gasteiger partial charge in [0.1, 0.15) is 5.75 Å². The van der Waals surface area contributed by atoms with Gasteiger partial charge in [-0.15, -0.1) is 0 Å². The number of fused-ring (bicyclic) bond motifs is 1. The molecule has 141 valence electrons. The van der Waals surface area contributed by atoms with E-state index < -0.39 is 9.84 Å². The maximum absolute atomic E-state index is 13.0. The Balaban J connectivity index is 1.81. The van der Waals surface area contributed by atoms with Gasteiger partial charge in [0.2, 0.25) is 9.84 Å². The van der Waals surface area contributed by atoms with Crippen LogP contribution in [0.15, 0.2) is 73.7 Å². The fraction of sp³-hybridized carbons (Fsp3) is 0. The Morgan fingerprint density at radius 3 is 2.64 bits per heavy atom. The van der Waals surface area contributed by atoms with E-state index in [0.717, 1.165) is 0 Å². The average Bonchev–Trinajstić information content (AvgIpc) is 3.13. The number of nitrogens with two attached hydrogens (primary N) is 1.